The highest BCUT2D eigenvalue weighted by atomic mass is 35.5. The van der Waals surface area contributed by atoms with Gasteiger partial charge in [-0.2, -0.15) is 0 Å². The first-order chi connectivity index (χ1) is 14.7. The lowest BCUT2D eigenvalue weighted by atomic mass is 10.0. The molecule has 0 spiro atoms. The second kappa shape index (κ2) is 7.99. The van der Waals surface area contributed by atoms with Gasteiger partial charge < -0.3 is 0 Å². The molecule has 144 valence electrons. The smallest absolute Gasteiger partial charge is 0.0484 e. The predicted octanol–water partition coefficient (Wildman–Crippen LogP) is 9.29. The summed E-state index contributed by atoms with van der Waals surface area (Å²) in [6.45, 7) is 0. The summed E-state index contributed by atoms with van der Waals surface area (Å²) >= 11 is 12.3. The van der Waals surface area contributed by atoms with E-state index in [1.807, 2.05) is 36.4 Å². The third-order valence-electron chi connectivity index (χ3n) is 5.39. The van der Waals surface area contributed by atoms with Crippen molar-refractivity contribution in [2.45, 2.75) is 0 Å². The zero-order chi connectivity index (χ0) is 20.5. The van der Waals surface area contributed by atoms with Crippen molar-refractivity contribution in [3.8, 4) is 0 Å². The minimum atomic E-state index is 0.818. The molecule has 2 heteroatoms. The molecule has 30 heavy (non-hydrogen) atoms. The summed E-state index contributed by atoms with van der Waals surface area (Å²) in [4.78, 5) is 0. The van der Waals surface area contributed by atoms with E-state index in [-0.39, 0.29) is 0 Å². The van der Waals surface area contributed by atoms with Gasteiger partial charge >= 0.3 is 0 Å². The minimum absolute atomic E-state index is 0.818. The van der Waals surface area contributed by atoms with E-state index in [9.17, 15) is 0 Å². The summed E-state index contributed by atoms with van der Waals surface area (Å²) in [7, 11) is 0. The molecule has 0 nitrogen and oxygen atoms in total. The van der Waals surface area contributed by atoms with E-state index in [2.05, 4.69) is 72.8 Å². The Morgan fingerprint density at radius 2 is 0.667 bits per heavy atom. The average molecular weight is 425 g/mol. The maximum Gasteiger partial charge on any atom is 0.0484 e. The van der Waals surface area contributed by atoms with Gasteiger partial charge in [-0.3, -0.25) is 0 Å². The predicted molar refractivity (Wildman–Crippen MR) is 133 cm³/mol. The van der Waals surface area contributed by atoms with Crippen LogP contribution in [0.4, 0.5) is 0 Å². The molecular weight excluding hydrogens is 407 g/mol. The van der Waals surface area contributed by atoms with Crippen molar-refractivity contribution in [1.29, 1.82) is 0 Å². The van der Waals surface area contributed by atoms with Crippen molar-refractivity contribution in [2.75, 3.05) is 0 Å². The van der Waals surface area contributed by atoms with Crippen LogP contribution in [-0.4, -0.2) is 0 Å². The molecule has 0 fully saturated rings. The molecule has 6 rings (SSSR count). The van der Waals surface area contributed by atoms with Crippen LogP contribution in [0.2, 0.25) is 10.0 Å². The number of hydrogen-bond acceptors (Lipinski definition) is 0. The van der Waals surface area contributed by atoms with Gasteiger partial charge in [0.15, 0.2) is 0 Å². The molecular formula is C28H18Cl2. The normalized spacial score (nSPS) is 11.0. The molecule has 0 saturated heterocycles. The monoisotopic (exact) mass is 424 g/mol. The van der Waals surface area contributed by atoms with Crippen molar-refractivity contribution in [3.05, 3.63) is 119 Å². The van der Waals surface area contributed by atoms with Gasteiger partial charge in [0.25, 0.3) is 0 Å². The average Bonchev–Trinajstić information content (AvgIpc) is 2.78. The Hall–Kier alpha value is -3.06. The standard InChI is InChI=1S/2C14H9Cl/c2*15-14-7-3-6-12-8-10-4-1-2-5-11(10)9-13(12)14/h2*1-9H. The van der Waals surface area contributed by atoms with Crippen molar-refractivity contribution in [3.63, 3.8) is 0 Å². The molecule has 0 heterocycles. The van der Waals surface area contributed by atoms with E-state index in [0.29, 0.717) is 0 Å². The molecule has 0 bridgehead atoms. The Labute approximate surface area is 185 Å². The highest BCUT2D eigenvalue weighted by Gasteiger charge is 2.01. The van der Waals surface area contributed by atoms with Crippen LogP contribution < -0.4 is 0 Å². The molecule has 6 aromatic rings. The van der Waals surface area contributed by atoms with Crippen LogP contribution in [0, 0.1) is 0 Å². The first kappa shape index (κ1) is 18.9. The summed E-state index contributed by atoms with van der Waals surface area (Å²) in [6.07, 6.45) is 0. The van der Waals surface area contributed by atoms with Crippen LogP contribution >= 0.6 is 23.2 Å². The van der Waals surface area contributed by atoms with Gasteiger partial charge in [-0.1, -0.05) is 96.0 Å². The van der Waals surface area contributed by atoms with Crippen molar-refractivity contribution < 1.29 is 0 Å². The molecule has 0 N–H and O–H groups in total. The van der Waals surface area contributed by atoms with E-state index in [1.165, 1.54) is 32.3 Å². The van der Waals surface area contributed by atoms with Gasteiger partial charge in [-0.25, -0.2) is 0 Å². The number of halogens is 2. The fourth-order valence-electron chi connectivity index (χ4n) is 3.86. The van der Waals surface area contributed by atoms with Crippen LogP contribution in [0.25, 0.3) is 43.1 Å². The van der Waals surface area contributed by atoms with Crippen LogP contribution in [0.5, 0.6) is 0 Å². The van der Waals surface area contributed by atoms with Crippen LogP contribution in [0.15, 0.2) is 109 Å². The Morgan fingerprint density at radius 3 is 1.07 bits per heavy atom. The van der Waals surface area contributed by atoms with Crippen LogP contribution in [0.3, 0.4) is 0 Å². The molecule has 0 unspecified atom stereocenters. The molecule has 6 aromatic carbocycles. The molecule has 0 aliphatic heterocycles. The fourth-order valence-corrected chi connectivity index (χ4v) is 4.33. The maximum absolute atomic E-state index is 6.16. The van der Waals surface area contributed by atoms with Gasteiger partial charge in [0.2, 0.25) is 0 Å². The molecule has 0 aliphatic carbocycles. The van der Waals surface area contributed by atoms with Gasteiger partial charge in [-0.15, -0.1) is 0 Å². The molecule has 0 aliphatic rings. The van der Waals surface area contributed by atoms with Crippen LogP contribution in [0.1, 0.15) is 0 Å². The fraction of sp³-hybridized carbons (Fsp3) is 0. The van der Waals surface area contributed by atoms with E-state index in [0.717, 1.165) is 20.8 Å². The second-order valence-corrected chi connectivity index (χ2v) is 8.14. The second-order valence-electron chi connectivity index (χ2n) is 7.32. The van der Waals surface area contributed by atoms with Crippen molar-refractivity contribution in [2.24, 2.45) is 0 Å². The lowest BCUT2D eigenvalue weighted by molar-refractivity contribution is 1.76. The zero-order valence-corrected chi connectivity index (χ0v) is 17.7. The number of benzene rings is 6. The third-order valence-corrected chi connectivity index (χ3v) is 6.05. The quantitative estimate of drug-likeness (QED) is 0.213. The Kier molecular flexibility index (Phi) is 5.04. The summed E-state index contributed by atoms with van der Waals surface area (Å²) in [5, 5.41) is 11.3. The summed E-state index contributed by atoms with van der Waals surface area (Å²) in [5.74, 6) is 0. The van der Waals surface area contributed by atoms with Crippen molar-refractivity contribution >= 4 is 66.3 Å². The van der Waals surface area contributed by atoms with Gasteiger partial charge in [0, 0.05) is 20.8 Å². The number of rotatable bonds is 0. The lowest BCUT2D eigenvalue weighted by Crippen LogP contribution is -1.76. The maximum atomic E-state index is 6.16. The first-order valence-electron chi connectivity index (χ1n) is 9.83. The van der Waals surface area contributed by atoms with E-state index in [4.69, 9.17) is 23.2 Å². The highest BCUT2D eigenvalue weighted by Crippen LogP contribution is 2.29. The lowest BCUT2D eigenvalue weighted by Gasteiger charge is -2.03. The highest BCUT2D eigenvalue weighted by molar-refractivity contribution is 6.36. The summed E-state index contributed by atoms with van der Waals surface area (Å²) in [5.41, 5.74) is 0. The van der Waals surface area contributed by atoms with E-state index < -0.39 is 0 Å². The first-order valence-corrected chi connectivity index (χ1v) is 10.6. The SMILES string of the molecule is Clc1cccc2cc3ccccc3cc12.Clc1cccc2cc3ccccc3cc12. The number of fused-ring (bicyclic) bond motifs is 4. The molecule has 0 amide bonds. The Balaban J connectivity index is 0.000000128. The van der Waals surface area contributed by atoms with Gasteiger partial charge in [0.05, 0.1) is 0 Å². The topological polar surface area (TPSA) is 0 Å². The van der Waals surface area contributed by atoms with Crippen LogP contribution in [-0.2, 0) is 0 Å². The Morgan fingerprint density at radius 1 is 0.333 bits per heavy atom. The largest absolute Gasteiger partial charge is 0.0837 e. The van der Waals surface area contributed by atoms with Crippen molar-refractivity contribution in [1.82, 2.24) is 0 Å². The molecule has 0 aromatic heterocycles. The minimum Gasteiger partial charge on any atom is -0.0837 e. The Bertz CT molecular complexity index is 1400. The third kappa shape index (κ3) is 3.61. The van der Waals surface area contributed by atoms with E-state index >= 15 is 0 Å². The summed E-state index contributed by atoms with van der Waals surface area (Å²) in [6, 6.07) is 37.3. The molecule has 0 radical (unpaired) electrons. The summed E-state index contributed by atoms with van der Waals surface area (Å²) < 4.78 is 0. The zero-order valence-electron chi connectivity index (χ0n) is 16.1. The molecule has 0 atom stereocenters. The molecule has 0 saturated carbocycles. The van der Waals surface area contributed by atoms with E-state index in [1.54, 1.807) is 0 Å². The number of hydrogen-bond donors (Lipinski definition) is 0. The van der Waals surface area contributed by atoms with Gasteiger partial charge in [0.1, 0.15) is 0 Å². The van der Waals surface area contributed by atoms with Gasteiger partial charge in [-0.05, 0) is 68.7 Å².